The van der Waals surface area contributed by atoms with Crippen LogP contribution >= 0.6 is 0 Å². The van der Waals surface area contributed by atoms with E-state index in [0.29, 0.717) is 13.0 Å². The summed E-state index contributed by atoms with van der Waals surface area (Å²) in [5.41, 5.74) is 3.11. The van der Waals surface area contributed by atoms with Gasteiger partial charge in [-0.25, -0.2) is 0 Å². The number of aliphatic hydroxyl groups excluding tert-OH is 1. The number of aliphatic hydroxyl groups is 1. The lowest BCUT2D eigenvalue weighted by atomic mass is 9.98. The topological polar surface area (TPSA) is 66.6 Å². The maximum absolute atomic E-state index is 10.7. The molecule has 5 heteroatoms. The molecule has 0 fully saturated rings. The van der Waals surface area contributed by atoms with Gasteiger partial charge in [-0.1, -0.05) is 30.3 Å². The molecule has 3 rings (SSSR count). The zero-order valence-corrected chi connectivity index (χ0v) is 11.5. The molecule has 108 valence electrons. The summed E-state index contributed by atoms with van der Waals surface area (Å²) in [5.74, 6) is 0. The van der Waals surface area contributed by atoms with Crippen LogP contribution in [-0.4, -0.2) is 16.6 Å². The molecule has 1 unspecified atom stereocenters. The molecule has 0 saturated heterocycles. The minimum Gasteiger partial charge on any atom is -0.388 e. The summed E-state index contributed by atoms with van der Waals surface area (Å²) in [7, 11) is 0. The third-order valence-corrected chi connectivity index (χ3v) is 3.83. The van der Waals surface area contributed by atoms with E-state index in [4.69, 9.17) is 0 Å². The molecule has 1 heterocycles. The Hall–Kier alpha value is -2.40. The van der Waals surface area contributed by atoms with E-state index in [9.17, 15) is 15.2 Å². The highest BCUT2D eigenvalue weighted by atomic mass is 16.6. The third kappa shape index (κ3) is 2.73. The molecule has 0 aromatic heterocycles. The SMILES string of the molecule is O=[N+]([O-])c1ccc(CN2CCC(O)c3ccccc32)cc1. The average molecular weight is 284 g/mol. The van der Waals surface area contributed by atoms with E-state index in [1.54, 1.807) is 12.1 Å². The van der Waals surface area contributed by atoms with Crippen LogP contribution < -0.4 is 4.90 Å². The molecule has 0 aliphatic carbocycles. The van der Waals surface area contributed by atoms with Crippen molar-refractivity contribution < 1.29 is 10.0 Å². The quantitative estimate of drug-likeness (QED) is 0.695. The molecule has 21 heavy (non-hydrogen) atoms. The summed E-state index contributed by atoms with van der Waals surface area (Å²) in [5, 5.41) is 20.7. The predicted molar refractivity (Wildman–Crippen MR) is 80.2 cm³/mol. The fourth-order valence-electron chi connectivity index (χ4n) is 2.72. The second-order valence-corrected chi connectivity index (χ2v) is 5.21. The molecule has 1 N–H and O–H groups in total. The number of benzene rings is 2. The Bertz CT molecular complexity index is 655. The Morgan fingerprint density at radius 2 is 1.90 bits per heavy atom. The van der Waals surface area contributed by atoms with Gasteiger partial charge in [0.05, 0.1) is 11.0 Å². The van der Waals surface area contributed by atoms with E-state index >= 15 is 0 Å². The summed E-state index contributed by atoms with van der Waals surface area (Å²) in [6.07, 6.45) is 0.290. The highest BCUT2D eigenvalue weighted by Crippen LogP contribution is 2.34. The van der Waals surface area contributed by atoms with Crippen LogP contribution in [0.3, 0.4) is 0 Å². The average Bonchev–Trinajstić information content (AvgIpc) is 2.51. The molecule has 1 aliphatic heterocycles. The van der Waals surface area contributed by atoms with Crippen molar-refractivity contribution in [3.63, 3.8) is 0 Å². The number of hydrogen-bond donors (Lipinski definition) is 1. The minimum absolute atomic E-state index is 0.105. The maximum atomic E-state index is 10.7. The highest BCUT2D eigenvalue weighted by molar-refractivity contribution is 5.56. The van der Waals surface area contributed by atoms with Crippen molar-refractivity contribution in [3.05, 3.63) is 69.8 Å². The lowest BCUT2D eigenvalue weighted by molar-refractivity contribution is -0.384. The largest absolute Gasteiger partial charge is 0.388 e. The van der Waals surface area contributed by atoms with Crippen molar-refractivity contribution in [1.29, 1.82) is 0 Å². The van der Waals surface area contributed by atoms with Crippen LogP contribution in [0.25, 0.3) is 0 Å². The summed E-state index contributed by atoms with van der Waals surface area (Å²) in [4.78, 5) is 12.5. The second kappa shape index (κ2) is 5.54. The Labute approximate surface area is 122 Å². The van der Waals surface area contributed by atoms with Crippen molar-refractivity contribution >= 4 is 11.4 Å². The number of para-hydroxylation sites is 1. The Balaban J connectivity index is 1.82. The van der Waals surface area contributed by atoms with Gasteiger partial charge in [0.2, 0.25) is 0 Å². The van der Waals surface area contributed by atoms with Gasteiger partial charge in [0, 0.05) is 36.5 Å². The molecule has 2 aromatic carbocycles. The minimum atomic E-state index is -0.408. The van der Waals surface area contributed by atoms with E-state index in [-0.39, 0.29) is 5.69 Å². The number of anilines is 1. The van der Waals surface area contributed by atoms with Crippen molar-refractivity contribution in [1.82, 2.24) is 0 Å². The third-order valence-electron chi connectivity index (χ3n) is 3.83. The Morgan fingerprint density at radius 3 is 2.62 bits per heavy atom. The lowest BCUT2D eigenvalue weighted by Gasteiger charge is -2.33. The molecule has 1 atom stereocenters. The van der Waals surface area contributed by atoms with Crippen molar-refractivity contribution in [3.8, 4) is 0 Å². The predicted octanol–water partition coefficient (Wildman–Crippen LogP) is 3.04. The van der Waals surface area contributed by atoms with Crippen LogP contribution in [0.4, 0.5) is 11.4 Å². The van der Waals surface area contributed by atoms with Crippen molar-refractivity contribution in [2.45, 2.75) is 19.1 Å². The van der Waals surface area contributed by atoms with Crippen molar-refractivity contribution in [2.24, 2.45) is 0 Å². The van der Waals surface area contributed by atoms with Crippen molar-refractivity contribution in [2.75, 3.05) is 11.4 Å². The number of non-ortho nitro benzene ring substituents is 1. The summed E-state index contributed by atoms with van der Waals surface area (Å²) in [6, 6.07) is 14.5. The van der Waals surface area contributed by atoms with Gasteiger partial charge < -0.3 is 10.0 Å². The molecule has 0 spiro atoms. The van der Waals surface area contributed by atoms with E-state index in [2.05, 4.69) is 4.90 Å². The Morgan fingerprint density at radius 1 is 1.19 bits per heavy atom. The fourth-order valence-corrected chi connectivity index (χ4v) is 2.72. The number of nitro benzene ring substituents is 1. The van der Waals surface area contributed by atoms with Gasteiger partial charge in [0.25, 0.3) is 5.69 Å². The second-order valence-electron chi connectivity index (χ2n) is 5.21. The highest BCUT2D eigenvalue weighted by Gasteiger charge is 2.23. The fraction of sp³-hybridized carbons (Fsp3) is 0.250. The molecule has 0 bridgehead atoms. The van der Waals surface area contributed by atoms with E-state index in [0.717, 1.165) is 23.4 Å². The first kappa shape index (κ1) is 13.6. The molecule has 0 amide bonds. The van der Waals surface area contributed by atoms with E-state index in [1.165, 1.54) is 12.1 Å². The van der Waals surface area contributed by atoms with Gasteiger partial charge in [0.15, 0.2) is 0 Å². The van der Waals surface area contributed by atoms with Gasteiger partial charge in [-0.2, -0.15) is 0 Å². The molecule has 5 nitrogen and oxygen atoms in total. The monoisotopic (exact) mass is 284 g/mol. The van der Waals surface area contributed by atoms with Gasteiger partial charge in [-0.3, -0.25) is 10.1 Å². The zero-order chi connectivity index (χ0) is 14.8. The van der Waals surface area contributed by atoms with E-state index < -0.39 is 11.0 Å². The van der Waals surface area contributed by atoms with E-state index in [1.807, 2.05) is 24.3 Å². The summed E-state index contributed by atoms with van der Waals surface area (Å²) in [6.45, 7) is 1.46. The maximum Gasteiger partial charge on any atom is 0.269 e. The lowest BCUT2D eigenvalue weighted by Crippen LogP contribution is -2.30. The van der Waals surface area contributed by atoms with Crippen LogP contribution in [0, 0.1) is 10.1 Å². The summed E-state index contributed by atoms with van der Waals surface area (Å²) < 4.78 is 0. The normalized spacial score (nSPS) is 17.4. The van der Waals surface area contributed by atoms with Crippen LogP contribution in [0.2, 0.25) is 0 Å². The number of rotatable bonds is 3. The van der Waals surface area contributed by atoms with Gasteiger partial charge >= 0.3 is 0 Å². The molecule has 0 radical (unpaired) electrons. The smallest absolute Gasteiger partial charge is 0.269 e. The number of fused-ring (bicyclic) bond motifs is 1. The van der Waals surface area contributed by atoms with Crippen LogP contribution in [0.15, 0.2) is 48.5 Å². The van der Waals surface area contributed by atoms with Gasteiger partial charge in [0.1, 0.15) is 0 Å². The first-order valence-electron chi connectivity index (χ1n) is 6.90. The molecular weight excluding hydrogens is 268 g/mol. The van der Waals surface area contributed by atoms with Crippen LogP contribution in [-0.2, 0) is 6.54 Å². The summed E-state index contributed by atoms with van der Waals surface area (Å²) >= 11 is 0. The first-order valence-corrected chi connectivity index (χ1v) is 6.90. The first-order chi connectivity index (χ1) is 10.1. The molecule has 2 aromatic rings. The molecular formula is C16H16N2O3. The standard InChI is InChI=1S/C16H16N2O3/c19-16-9-10-17(15-4-2-1-3-14(15)16)11-12-5-7-13(8-6-12)18(20)21/h1-8,16,19H,9-11H2. The van der Waals surface area contributed by atoms with Crippen LogP contribution in [0.5, 0.6) is 0 Å². The molecule has 0 saturated carbocycles. The van der Waals surface area contributed by atoms with Crippen LogP contribution in [0.1, 0.15) is 23.7 Å². The number of nitro groups is 1. The van der Waals surface area contributed by atoms with Gasteiger partial charge in [-0.15, -0.1) is 0 Å². The van der Waals surface area contributed by atoms with Gasteiger partial charge in [-0.05, 0) is 18.1 Å². The Kier molecular flexibility index (Phi) is 3.58. The molecule has 1 aliphatic rings. The zero-order valence-electron chi connectivity index (χ0n) is 11.5. The number of nitrogens with zero attached hydrogens (tertiary/aromatic N) is 2. The number of hydrogen-bond acceptors (Lipinski definition) is 4.